The Kier molecular flexibility index (Phi) is 4.31. The van der Waals surface area contributed by atoms with Crippen LogP contribution >= 0.6 is 0 Å². The summed E-state index contributed by atoms with van der Waals surface area (Å²) in [7, 11) is 0. The van der Waals surface area contributed by atoms with E-state index in [1.54, 1.807) is 0 Å². The quantitative estimate of drug-likeness (QED) is 0.683. The number of likely N-dealkylation sites (tertiary alicyclic amines) is 1. The van der Waals surface area contributed by atoms with Crippen LogP contribution in [0.3, 0.4) is 0 Å². The third-order valence-electron chi connectivity index (χ3n) is 3.51. The minimum absolute atomic E-state index is 0.114. The van der Waals surface area contributed by atoms with Crippen LogP contribution in [-0.2, 0) is 4.79 Å². The van der Waals surface area contributed by atoms with Gasteiger partial charge >= 0.3 is 0 Å². The maximum absolute atomic E-state index is 12.4. The van der Waals surface area contributed by atoms with Gasteiger partial charge in [0.15, 0.2) is 5.78 Å². The highest BCUT2D eigenvalue weighted by atomic mass is 16.1. The Labute approximate surface area is 99.7 Å². The molecule has 0 aromatic carbocycles. The van der Waals surface area contributed by atoms with E-state index in [1.165, 1.54) is 0 Å². The number of carbonyl (C=O) groups is 1. The van der Waals surface area contributed by atoms with Gasteiger partial charge in [-0.05, 0) is 31.8 Å². The number of ketones is 1. The summed E-state index contributed by atoms with van der Waals surface area (Å²) in [6.07, 6.45) is 4.04. The van der Waals surface area contributed by atoms with E-state index in [0.29, 0.717) is 11.7 Å². The van der Waals surface area contributed by atoms with Crippen molar-refractivity contribution in [2.45, 2.75) is 46.6 Å². The molecule has 0 aromatic heterocycles. The zero-order chi connectivity index (χ0) is 12.3. The molecule has 1 fully saturated rings. The number of likely N-dealkylation sites (N-methyl/N-ethyl adjacent to an activating group) is 1. The van der Waals surface area contributed by atoms with E-state index in [4.69, 9.17) is 0 Å². The number of hydrogen-bond donors (Lipinski definition) is 0. The van der Waals surface area contributed by atoms with Gasteiger partial charge in [-0.15, -0.1) is 6.58 Å². The lowest BCUT2D eigenvalue weighted by molar-refractivity contribution is -0.132. The van der Waals surface area contributed by atoms with Gasteiger partial charge in [-0.2, -0.15) is 0 Å². The molecule has 0 radical (unpaired) electrons. The van der Waals surface area contributed by atoms with Crippen molar-refractivity contribution in [1.29, 1.82) is 0 Å². The Morgan fingerprint density at radius 3 is 2.56 bits per heavy atom. The van der Waals surface area contributed by atoms with Crippen LogP contribution in [-0.4, -0.2) is 29.8 Å². The zero-order valence-corrected chi connectivity index (χ0v) is 11.1. The van der Waals surface area contributed by atoms with Crippen LogP contribution in [0.25, 0.3) is 0 Å². The molecule has 2 nitrogen and oxygen atoms in total. The lowest BCUT2D eigenvalue weighted by Gasteiger charge is -2.31. The van der Waals surface area contributed by atoms with Gasteiger partial charge in [0, 0.05) is 5.41 Å². The number of carbonyl (C=O) groups excluding carboxylic acids is 1. The van der Waals surface area contributed by atoms with Gasteiger partial charge in [0.2, 0.25) is 0 Å². The second kappa shape index (κ2) is 5.13. The molecule has 2 atom stereocenters. The average molecular weight is 223 g/mol. The van der Waals surface area contributed by atoms with Crippen molar-refractivity contribution in [2.75, 3.05) is 13.1 Å². The van der Waals surface area contributed by atoms with E-state index in [0.717, 1.165) is 25.9 Å². The maximum atomic E-state index is 12.4. The molecule has 92 valence electrons. The molecule has 0 bridgehead atoms. The second-order valence-corrected chi connectivity index (χ2v) is 5.76. The van der Waals surface area contributed by atoms with Crippen molar-refractivity contribution in [1.82, 2.24) is 4.90 Å². The Bertz CT molecular complexity index is 264. The predicted molar refractivity (Wildman–Crippen MR) is 68.4 cm³/mol. The number of hydrogen-bond acceptors (Lipinski definition) is 2. The standard InChI is InChI=1S/C14H25NO/c1-6-8-11-9-10-15(7-2)12(11)13(16)14(3,4)5/h6,11-12H,1,7-10H2,2-5H3. The fraction of sp³-hybridized carbons (Fsp3) is 0.786. The molecule has 16 heavy (non-hydrogen) atoms. The predicted octanol–water partition coefficient (Wildman–Crippen LogP) is 2.89. The lowest BCUT2D eigenvalue weighted by Crippen LogP contribution is -2.44. The molecule has 1 aliphatic rings. The van der Waals surface area contributed by atoms with E-state index in [1.807, 2.05) is 26.8 Å². The first kappa shape index (κ1) is 13.4. The molecule has 1 aliphatic heterocycles. The first-order valence-corrected chi connectivity index (χ1v) is 6.31. The zero-order valence-electron chi connectivity index (χ0n) is 11.1. The Morgan fingerprint density at radius 2 is 2.12 bits per heavy atom. The van der Waals surface area contributed by atoms with E-state index in [9.17, 15) is 4.79 Å². The highest BCUT2D eigenvalue weighted by Crippen LogP contribution is 2.32. The summed E-state index contributed by atoms with van der Waals surface area (Å²) in [6.45, 7) is 14.0. The van der Waals surface area contributed by atoms with Crippen LogP contribution in [0.5, 0.6) is 0 Å². The van der Waals surface area contributed by atoms with Gasteiger partial charge in [-0.25, -0.2) is 0 Å². The molecule has 0 saturated carbocycles. The average Bonchev–Trinajstić information content (AvgIpc) is 2.58. The summed E-state index contributed by atoms with van der Waals surface area (Å²) in [5, 5.41) is 0. The van der Waals surface area contributed by atoms with Gasteiger partial charge < -0.3 is 0 Å². The minimum atomic E-state index is -0.234. The first-order valence-electron chi connectivity index (χ1n) is 6.31. The van der Waals surface area contributed by atoms with Crippen LogP contribution in [0, 0.1) is 11.3 Å². The van der Waals surface area contributed by atoms with Gasteiger partial charge in [-0.3, -0.25) is 9.69 Å². The largest absolute Gasteiger partial charge is 0.297 e. The maximum Gasteiger partial charge on any atom is 0.155 e. The SMILES string of the molecule is C=CCC1CCN(CC)C1C(=O)C(C)(C)C. The fourth-order valence-electron chi connectivity index (χ4n) is 2.57. The van der Waals surface area contributed by atoms with E-state index >= 15 is 0 Å². The van der Waals surface area contributed by atoms with E-state index in [2.05, 4.69) is 18.4 Å². The number of allylic oxidation sites excluding steroid dienone is 1. The highest BCUT2D eigenvalue weighted by Gasteiger charge is 2.41. The van der Waals surface area contributed by atoms with Crippen molar-refractivity contribution >= 4 is 5.78 Å². The Morgan fingerprint density at radius 1 is 1.50 bits per heavy atom. The van der Waals surface area contributed by atoms with Crippen LogP contribution in [0.15, 0.2) is 12.7 Å². The van der Waals surface area contributed by atoms with E-state index in [-0.39, 0.29) is 11.5 Å². The molecule has 0 aromatic rings. The summed E-state index contributed by atoms with van der Waals surface area (Å²) < 4.78 is 0. The first-order chi connectivity index (χ1) is 7.41. The summed E-state index contributed by atoms with van der Waals surface area (Å²) in [4.78, 5) is 14.8. The number of nitrogens with zero attached hydrogens (tertiary/aromatic N) is 1. The second-order valence-electron chi connectivity index (χ2n) is 5.76. The van der Waals surface area contributed by atoms with Crippen LogP contribution in [0.4, 0.5) is 0 Å². The normalized spacial score (nSPS) is 27.0. The molecule has 2 heteroatoms. The molecule has 0 amide bonds. The van der Waals surface area contributed by atoms with Crippen LogP contribution < -0.4 is 0 Å². The molecule has 1 heterocycles. The van der Waals surface area contributed by atoms with Crippen molar-refractivity contribution in [3.05, 3.63) is 12.7 Å². The van der Waals surface area contributed by atoms with Crippen LogP contribution in [0.2, 0.25) is 0 Å². The third-order valence-corrected chi connectivity index (χ3v) is 3.51. The van der Waals surface area contributed by atoms with Crippen molar-refractivity contribution < 1.29 is 4.79 Å². The van der Waals surface area contributed by atoms with Crippen molar-refractivity contribution in [3.63, 3.8) is 0 Å². The molecule has 0 spiro atoms. The monoisotopic (exact) mass is 223 g/mol. The molecule has 0 N–H and O–H groups in total. The molecular formula is C14H25NO. The highest BCUT2D eigenvalue weighted by molar-refractivity contribution is 5.89. The topological polar surface area (TPSA) is 20.3 Å². The molecule has 1 saturated heterocycles. The fourth-order valence-corrected chi connectivity index (χ4v) is 2.57. The lowest BCUT2D eigenvalue weighted by atomic mass is 9.81. The van der Waals surface area contributed by atoms with E-state index < -0.39 is 0 Å². The molecule has 0 aliphatic carbocycles. The molecule has 2 unspecified atom stereocenters. The van der Waals surface area contributed by atoms with Gasteiger partial charge in [0.1, 0.15) is 0 Å². The Hall–Kier alpha value is -0.630. The minimum Gasteiger partial charge on any atom is -0.297 e. The summed E-state index contributed by atoms with van der Waals surface area (Å²) in [5.41, 5.74) is -0.234. The summed E-state index contributed by atoms with van der Waals surface area (Å²) in [5.74, 6) is 0.864. The third kappa shape index (κ3) is 2.73. The van der Waals surface area contributed by atoms with Crippen molar-refractivity contribution in [2.24, 2.45) is 11.3 Å². The van der Waals surface area contributed by atoms with Gasteiger partial charge in [0.25, 0.3) is 0 Å². The number of rotatable bonds is 4. The summed E-state index contributed by atoms with van der Waals surface area (Å²) >= 11 is 0. The van der Waals surface area contributed by atoms with Crippen molar-refractivity contribution in [3.8, 4) is 0 Å². The van der Waals surface area contributed by atoms with Gasteiger partial charge in [0.05, 0.1) is 6.04 Å². The van der Waals surface area contributed by atoms with Gasteiger partial charge in [-0.1, -0.05) is 33.8 Å². The molecular weight excluding hydrogens is 198 g/mol. The smallest absolute Gasteiger partial charge is 0.155 e. The number of Topliss-reactive ketones (excluding diaryl/α,β-unsaturated/α-hetero) is 1. The Balaban J connectivity index is 2.85. The molecule has 1 rings (SSSR count). The summed E-state index contributed by atoms with van der Waals surface area (Å²) in [6, 6.07) is 0.114. The van der Waals surface area contributed by atoms with Crippen LogP contribution in [0.1, 0.15) is 40.5 Å².